The van der Waals surface area contributed by atoms with Gasteiger partial charge in [0.25, 0.3) is 0 Å². The largest absolute Gasteiger partial charge is 0.504 e. The van der Waals surface area contributed by atoms with Gasteiger partial charge in [0.1, 0.15) is 0 Å². The molecule has 0 heterocycles. The first-order valence-electron chi connectivity index (χ1n) is 5.06. The summed E-state index contributed by atoms with van der Waals surface area (Å²) >= 11 is 3.07. The van der Waals surface area contributed by atoms with Crippen molar-refractivity contribution in [3.63, 3.8) is 0 Å². The van der Waals surface area contributed by atoms with Crippen molar-refractivity contribution in [2.24, 2.45) is 5.41 Å². The van der Waals surface area contributed by atoms with E-state index in [1.165, 1.54) is 13.8 Å². The molecule has 17 heavy (non-hydrogen) atoms. The number of phenols is 1. The Bertz CT molecular complexity index is 469. The van der Waals surface area contributed by atoms with Gasteiger partial charge in [0, 0.05) is 0 Å². The monoisotopic (exact) mass is 304 g/mol. The van der Waals surface area contributed by atoms with Crippen molar-refractivity contribution < 1.29 is 19.4 Å². The molecule has 5 heteroatoms. The Kier molecular flexibility index (Phi) is 3.81. The van der Waals surface area contributed by atoms with Crippen LogP contribution in [0, 0.1) is 18.2 Å². The number of benzene rings is 1. The fraction of sp³-hybridized carbons (Fsp3) is 0.417. The van der Waals surface area contributed by atoms with Crippen LogP contribution in [-0.2, 0) is 11.2 Å². The van der Waals surface area contributed by atoms with Crippen LogP contribution in [0.2, 0.25) is 0 Å². The molecule has 3 nitrogen and oxygen atoms in total. The van der Waals surface area contributed by atoms with E-state index in [0.717, 1.165) is 0 Å². The minimum atomic E-state index is -1.08. The van der Waals surface area contributed by atoms with Crippen molar-refractivity contribution in [3.8, 4) is 5.75 Å². The number of carboxylic acids is 1. The fourth-order valence-electron chi connectivity index (χ4n) is 1.50. The summed E-state index contributed by atoms with van der Waals surface area (Å²) in [5.74, 6) is -2.24. The van der Waals surface area contributed by atoms with Crippen molar-refractivity contribution in [1.82, 2.24) is 0 Å². The van der Waals surface area contributed by atoms with Gasteiger partial charge in [-0.3, -0.25) is 4.79 Å². The third kappa shape index (κ3) is 2.77. The number of rotatable bonds is 3. The van der Waals surface area contributed by atoms with Crippen LogP contribution in [0.1, 0.15) is 25.0 Å². The van der Waals surface area contributed by atoms with E-state index in [9.17, 15) is 14.3 Å². The van der Waals surface area contributed by atoms with Crippen LogP contribution >= 0.6 is 15.9 Å². The van der Waals surface area contributed by atoms with Crippen LogP contribution in [0.25, 0.3) is 0 Å². The summed E-state index contributed by atoms with van der Waals surface area (Å²) in [4.78, 5) is 11.0. The summed E-state index contributed by atoms with van der Waals surface area (Å²) in [5, 5.41) is 18.5. The van der Waals surface area contributed by atoms with Gasteiger partial charge >= 0.3 is 5.97 Å². The zero-order valence-corrected chi connectivity index (χ0v) is 11.4. The minimum Gasteiger partial charge on any atom is -0.504 e. The second-order valence-corrected chi connectivity index (χ2v) is 5.49. The van der Waals surface area contributed by atoms with Crippen molar-refractivity contribution >= 4 is 21.9 Å². The standard InChI is InChI=1S/C12H14BrFO3/c1-6-4-7(5-12(2,3)11(16)17)9(14)10(15)8(6)13/h4,15H,5H2,1-3H3,(H,16,17). The Hall–Kier alpha value is -1.10. The van der Waals surface area contributed by atoms with Gasteiger partial charge in [-0.2, -0.15) is 0 Å². The van der Waals surface area contributed by atoms with Crippen LogP contribution in [0.5, 0.6) is 5.75 Å². The number of carboxylic acid groups (broad SMARTS) is 1. The molecule has 1 aromatic rings. The van der Waals surface area contributed by atoms with E-state index in [1.807, 2.05) is 0 Å². The van der Waals surface area contributed by atoms with Crippen LogP contribution in [0.4, 0.5) is 4.39 Å². The van der Waals surface area contributed by atoms with Gasteiger partial charge in [-0.25, -0.2) is 4.39 Å². The van der Waals surface area contributed by atoms with Gasteiger partial charge in [-0.1, -0.05) is 6.07 Å². The Labute approximate surface area is 107 Å². The lowest BCUT2D eigenvalue weighted by Gasteiger charge is -2.20. The zero-order valence-electron chi connectivity index (χ0n) is 9.84. The van der Waals surface area contributed by atoms with E-state index < -0.39 is 23.0 Å². The van der Waals surface area contributed by atoms with Gasteiger partial charge in [0.15, 0.2) is 11.6 Å². The zero-order chi connectivity index (χ0) is 13.4. The quantitative estimate of drug-likeness (QED) is 0.901. The van der Waals surface area contributed by atoms with Crippen LogP contribution < -0.4 is 0 Å². The minimum absolute atomic E-state index is 0.0237. The number of aliphatic carboxylic acids is 1. The molecule has 0 aliphatic rings. The number of halogens is 2. The maximum absolute atomic E-state index is 13.8. The van der Waals surface area contributed by atoms with Crippen molar-refractivity contribution in [2.45, 2.75) is 27.2 Å². The number of hydrogen-bond donors (Lipinski definition) is 2. The van der Waals surface area contributed by atoms with E-state index in [-0.39, 0.29) is 12.0 Å². The van der Waals surface area contributed by atoms with Crippen LogP contribution in [0.15, 0.2) is 10.5 Å². The number of carbonyl (C=O) groups is 1. The highest BCUT2D eigenvalue weighted by atomic mass is 79.9. The molecule has 1 rings (SSSR count). The molecule has 0 fully saturated rings. The third-order valence-electron chi connectivity index (χ3n) is 2.65. The highest BCUT2D eigenvalue weighted by Gasteiger charge is 2.29. The van der Waals surface area contributed by atoms with Crippen LogP contribution in [-0.4, -0.2) is 16.2 Å². The summed E-state index contributed by atoms with van der Waals surface area (Å²) in [6.07, 6.45) is 0.0237. The lowest BCUT2D eigenvalue weighted by Crippen LogP contribution is -2.26. The van der Waals surface area contributed by atoms with E-state index in [0.29, 0.717) is 10.0 Å². The first-order valence-corrected chi connectivity index (χ1v) is 5.86. The lowest BCUT2D eigenvalue weighted by atomic mass is 9.85. The van der Waals surface area contributed by atoms with Gasteiger partial charge in [-0.05, 0) is 54.2 Å². The van der Waals surface area contributed by atoms with Gasteiger partial charge in [-0.15, -0.1) is 0 Å². The molecule has 0 aliphatic heterocycles. The van der Waals surface area contributed by atoms with Gasteiger partial charge in [0.05, 0.1) is 9.89 Å². The predicted molar refractivity (Wildman–Crippen MR) is 65.6 cm³/mol. The SMILES string of the molecule is Cc1cc(CC(C)(C)C(=O)O)c(F)c(O)c1Br. The molecule has 0 unspecified atom stereocenters. The number of phenolic OH excluding ortho intramolecular Hbond substituents is 1. The van der Waals surface area contributed by atoms with Gasteiger partial charge in [0.2, 0.25) is 0 Å². The molecule has 0 saturated heterocycles. The summed E-state index contributed by atoms with van der Waals surface area (Å²) in [7, 11) is 0. The first-order chi connectivity index (χ1) is 7.66. The average molecular weight is 305 g/mol. The molecular formula is C12H14BrFO3. The third-order valence-corrected chi connectivity index (χ3v) is 3.65. The normalized spacial score (nSPS) is 11.6. The number of aromatic hydroxyl groups is 1. The maximum Gasteiger partial charge on any atom is 0.309 e. The Morgan fingerprint density at radius 3 is 2.53 bits per heavy atom. The molecular weight excluding hydrogens is 291 g/mol. The molecule has 0 aliphatic carbocycles. The molecule has 2 N–H and O–H groups in total. The van der Waals surface area contributed by atoms with Crippen molar-refractivity contribution in [2.75, 3.05) is 0 Å². The predicted octanol–water partition coefficient (Wildman–Crippen LogP) is 3.26. The van der Waals surface area contributed by atoms with E-state index in [2.05, 4.69) is 15.9 Å². The molecule has 0 atom stereocenters. The van der Waals surface area contributed by atoms with E-state index >= 15 is 0 Å². The average Bonchev–Trinajstić information content (AvgIpc) is 2.22. The summed E-state index contributed by atoms with van der Waals surface area (Å²) in [6.45, 7) is 4.74. The topological polar surface area (TPSA) is 57.5 Å². The summed E-state index contributed by atoms with van der Waals surface area (Å²) < 4.78 is 14.1. The number of aryl methyl sites for hydroxylation is 1. The van der Waals surface area contributed by atoms with Gasteiger partial charge < -0.3 is 10.2 Å². The molecule has 1 aromatic carbocycles. The van der Waals surface area contributed by atoms with Crippen molar-refractivity contribution in [1.29, 1.82) is 0 Å². The highest BCUT2D eigenvalue weighted by molar-refractivity contribution is 9.10. The molecule has 0 spiro atoms. The lowest BCUT2D eigenvalue weighted by molar-refractivity contribution is -0.146. The molecule has 0 saturated carbocycles. The smallest absolute Gasteiger partial charge is 0.309 e. The highest BCUT2D eigenvalue weighted by Crippen LogP contribution is 2.35. The molecule has 0 radical (unpaired) electrons. The van der Waals surface area contributed by atoms with Crippen LogP contribution in [0.3, 0.4) is 0 Å². The fourth-order valence-corrected chi connectivity index (χ4v) is 1.79. The Morgan fingerprint density at radius 1 is 1.53 bits per heavy atom. The molecule has 0 amide bonds. The molecule has 0 bridgehead atoms. The number of hydrogen-bond acceptors (Lipinski definition) is 2. The second kappa shape index (κ2) is 4.64. The van der Waals surface area contributed by atoms with E-state index in [4.69, 9.17) is 5.11 Å². The van der Waals surface area contributed by atoms with Crippen molar-refractivity contribution in [3.05, 3.63) is 27.5 Å². The molecule has 0 aromatic heterocycles. The summed E-state index contributed by atoms with van der Waals surface area (Å²) in [5.41, 5.74) is -0.205. The summed E-state index contributed by atoms with van der Waals surface area (Å²) in [6, 6.07) is 1.55. The first kappa shape index (κ1) is 14.0. The maximum atomic E-state index is 13.8. The Morgan fingerprint density at radius 2 is 2.06 bits per heavy atom. The second-order valence-electron chi connectivity index (χ2n) is 4.69. The molecule has 94 valence electrons. The van der Waals surface area contributed by atoms with E-state index in [1.54, 1.807) is 13.0 Å². The Balaban J connectivity index is 3.21.